The number of aryl methyl sites for hydroxylation is 1. The molecule has 0 aliphatic carbocycles. The Kier molecular flexibility index (Phi) is 7.77. The van der Waals surface area contributed by atoms with E-state index in [1.54, 1.807) is 36.3 Å². The molecule has 0 spiro atoms. The molecule has 1 aliphatic heterocycles. The number of methoxy groups -OCH3 is 1. The van der Waals surface area contributed by atoms with Crippen molar-refractivity contribution in [1.29, 1.82) is 0 Å². The van der Waals surface area contributed by atoms with E-state index >= 15 is 0 Å². The van der Waals surface area contributed by atoms with Crippen molar-refractivity contribution in [2.45, 2.75) is 32.4 Å². The summed E-state index contributed by atoms with van der Waals surface area (Å²) in [5, 5.41) is 2.75. The van der Waals surface area contributed by atoms with Gasteiger partial charge < -0.3 is 19.7 Å². The number of nitrogens with zero attached hydrogens (tertiary/aromatic N) is 1. The van der Waals surface area contributed by atoms with Gasteiger partial charge in [0, 0.05) is 30.9 Å². The first kappa shape index (κ1) is 24.4. The second kappa shape index (κ2) is 11.1. The molecule has 0 aromatic heterocycles. The minimum atomic E-state index is -0.601. The summed E-state index contributed by atoms with van der Waals surface area (Å²) in [5.74, 6) is -0.621. The predicted molar refractivity (Wildman–Crippen MR) is 132 cm³/mol. The van der Waals surface area contributed by atoms with E-state index in [1.165, 1.54) is 18.2 Å². The van der Waals surface area contributed by atoms with Crippen LogP contribution in [0.5, 0.6) is 5.75 Å². The fourth-order valence-corrected chi connectivity index (χ4v) is 4.15. The highest BCUT2D eigenvalue weighted by Crippen LogP contribution is 2.23. The van der Waals surface area contributed by atoms with Gasteiger partial charge in [0.2, 0.25) is 0 Å². The summed E-state index contributed by atoms with van der Waals surface area (Å²) in [6, 6.07) is 18.6. The topological polar surface area (TPSA) is 67.9 Å². The van der Waals surface area contributed by atoms with E-state index in [1.807, 2.05) is 31.2 Å². The maximum atomic E-state index is 14.1. The minimum absolute atomic E-state index is 0.0183. The normalized spacial score (nSPS) is 15.0. The Hall–Kier alpha value is -3.71. The van der Waals surface area contributed by atoms with Gasteiger partial charge in [0.15, 0.2) is 0 Å². The molecule has 1 N–H and O–H groups in total. The number of halogens is 1. The average Bonchev–Trinajstić information content (AvgIpc) is 3.38. The molecule has 1 aliphatic rings. The van der Waals surface area contributed by atoms with Gasteiger partial charge >= 0.3 is 0 Å². The quantitative estimate of drug-likeness (QED) is 0.484. The maximum absolute atomic E-state index is 14.1. The molecule has 0 saturated carbocycles. The van der Waals surface area contributed by atoms with Crippen LogP contribution in [0.25, 0.3) is 0 Å². The van der Waals surface area contributed by atoms with Crippen LogP contribution in [0.4, 0.5) is 10.1 Å². The SMILES string of the molecule is COc1cccc(CN(CC2CCCO2)C(=O)c2ccc(C)c(NC(=O)c3ccccc3F)c2)c1. The fraction of sp³-hybridized carbons (Fsp3) is 0.286. The molecule has 6 nitrogen and oxygen atoms in total. The molecule has 3 aromatic rings. The maximum Gasteiger partial charge on any atom is 0.258 e. The van der Waals surface area contributed by atoms with Gasteiger partial charge in [0.25, 0.3) is 11.8 Å². The third-order valence-corrected chi connectivity index (χ3v) is 6.09. The first-order valence-corrected chi connectivity index (χ1v) is 11.6. The molecule has 3 aromatic carbocycles. The standard InChI is InChI=1S/C28H29FN2O4/c1-19-12-13-21(16-26(19)30-27(32)24-10-3-4-11-25(24)29)28(33)31(18-23-9-6-14-35-23)17-20-7-5-8-22(15-20)34-2/h3-5,7-8,10-13,15-16,23H,6,9,14,17-18H2,1-2H3,(H,30,32). The highest BCUT2D eigenvalue weighted by molar-refractivity contribution is 6.05. The van der Waals surface area contributed by atoms with Crippen molar-refractivity contribution in [2.75, 3.05) is 25.6 Å². The van der Waals surface area contributed by atoms with E-state index in [0.717, 1.165) is 29.7 Å². The highest BCUT2D eigenvalue weighted by atomic mass is 19.1. The highest BCUT2D eigenvalue weighted by Gasteiger charge is 2.24. The van der Waals surface area contributed by atoms with Gasteiger partial charge in [0.05, 0.1) is 18.8 Å². The van der Waals surface area contributed by atoms with Gasteiger partial charge in [-0.1, -0.05) is 30.3 Å². The zero-order chi connectivity index (χ0) is 24.8. The lowest BCUT2D eigenvalue weighted by Crippen LogP contribution is -2.37. The van der Waals surface area contributed by atoms with Crippen molar-refractivity contribution in [2.24, 2.45) is 0 Å². The molecule has 1 saturated heterocycles. The molecule has 0 bridgehead atoms. The zero-order valence-corrected chi connectivity index (χ0v) is 19.9. The number of anilines is 1. The van der Waals surface area contributed by atoms with E-state index in [2.05, 4.69) is 5.32 Å². The summed E-state index contributed by atoms with van der Waals surface area (Å²) in [6.45, 7) is 3.37. The van der Waals surface area contributed by atoms with Crippen molar-refractivity contribution < 1.29 is 23.5 Å². The van der Waals surface area contributed by atoms with E-state index in [4.69, 9.17) is 9.47 Å². The van der Waals surface area contributed by atoms with Crippen LogP contribution in [0.1, 0.15) is 44.7 Å². The van der Waals surface area contributed by atoms with Gasteiger partial charge in [-0.2, -0.15) is 0 Å². The number of nitrogens with one attached hydrogen (secondary N) is 1. The average molecular weight is 477 g/mol. The third kappa shape index (κ3) is 6.05. The molecule has 1 unspecified atom stereocenters. The van der Waals surface area contributed by atoms with Crippen LogP contribution in [0.15, 0.2) is 66.7 Å². The smallest absolute Gasteiger partial charge is 0.258 e. The molecule has 1 atom stereocenters. The summed E-state index contributed by atoms with van der Waals surface area (Å²) < 4.78 is 25.2. The fourth-order valence-electron chi connectivity index (χ4n) is 4.15. The zero-order valence-electron chi connectivity index (χ0n) is 19.9. The second-order valence-corrected chi connectivity index (χ2v) is 8.64. The second-order valence-electron chi connectivity index (χ2n) is 8.64. The molecule has 35 heavy (non-hydrogen) atoms. The Morgan fingerprint density at radius 3 is 2.69 bits per heavy atom. The number of ether oxygens (including phenoxy) is 2. The van der Waals surface area contributed by atoms with Crippen molar-refractivity contribution in [3.8, 4) is 5.75 Å². The Labute approximate surface area is 204 Å². The van der Waals surface area contributed by atoms with Crippen LogP contribution >= 0.6 is 0 Å². The molecular weight excluding hydrogens is 447 g/mol. The first-order chi connectivity index (χ1) is 16.9. The predicted octanol–water partition coefficient (Wildman–Crippen LogP) is 5.22. The molecule has 7 heteroatoms. The van der Waals surface area contributed by atoms with Gasteiger partial charge in [-0.25, -0.2) is 4.39 Å². The Bertz CT molecular complexity index is 1210. The molecule has 4 rings (SSSR count). The molecule has 182 valence electrons. The number of rotatable bonds is 8. The number of benzene rings is 3. The molecule has 1 fully saturated rings. The van der Waals surface area contributed by atoms with E-state index in [0.29, 0.717) is 30.9 Å². The van der Waals surface area contributed by atoms with E-state index in [9.17, 15) is 14.0 Å². The van der Waals surface area contributed by atoms with Crippen molar-refractivity contribution in [1.82, 2.24) is 4.90 Å². The monoisotopic (exact) mass is 476 g/mol. The minimum Gasteiger partial charge on any atom is -0.497 e. The first-order valence-electron chi connectivity index (χ1n) is 11.6. The number of hydrogen-bond acceptors (Lipinski definition) is 4. The van der Waals surface area contributed by atoms with Crippen LogP contribution in [0.2, 0.25) is 0 Å². The van der Waals surface area contributed by atoms with Gasteiger partial charge in [0.1, 0.15) is 11.6 Å². The summed E-state index contributed by atoms with van der Waals surface area (Å²) in [7, 11) is 1.61. The van der Waals surface area contributed by atoms with Crippen molar-refractivity contribution in [3.63, 3.8) is 0 Å². The number of carbonyl (C=O) groups is 2. The van der Waals surface area contributed by atoms with Crippen LogP contribution in [0.3, 0.4) is 0 Å². The number of amides is 2. The molecule has 1 heterocycles. The Morgan fingerprint density at radius 1 is 1.11 bits per heavy atom. The molecule has 0 radical (unpaired) electrons. The lowest BCUT2D eigenvalue weighted by Gasteiger charge is -2.26. The largest absolute Gasteiger partial charge is 0.497 e. The van der Waals surface area contributed by atoms with Crippen molar-refractivity contribution >= 4 is 17.5 Å². The van der Waals surface area contributed by atoms with Crippen LogP contribution in [-0.2, 0) is 11.3 Å². The van der Waals surface area contributed by atoms with E-state index < -0.39 is 11.7 Å². The molecular formula is C28H29FN2O4. The van der Waals surface area contributed by atoms with Crippen molar-refractivity contribution in [3.05, 3.63) is 94.8 Å². The molecule has 2 amide bonds. The number of carbonyl (C=O) groups excluding carboxylic acids is 2. The summed E-state index contributed by atoms with van der Waals surface area (Å²) in [5.41, 5.74) is 2.55. The third-order valence-electron chi connectivity index (χ3n) is 6.09. The summed E-state index contributed by atoms with van der Waals surface area (Å²) in [6.07, 6.45) is 1.86. The van der Waals surface area contributed by atoms with Gasteiger partial charge in [-0.05, 0) is 67.3 Å². The summed E-state index contributed by atoms with van der Waals surface area (Å²) >= 11 is 0. The van der Waals surface area contributed by atoms with Gasteiger partial charge in [-0.3, -0.25) is 9.59 Å². The van der Waals surface area contributed by atoms with Gasteiger partial charge in [-0.15, -0.1) is 0 Å². The number of hydrogen-bond donors (Lipinski definition) is 1. The lowest BCUT2D eigenvalue weighted by molar-refractivity contribution is 0.0507. The Morgan fingerprint density at radius 2 is 1.94 bits per heavy atom. The van der Waals surface area contributed by atoms with Crippen LogP contribution in [-0.4, -0.2) is 43.1 Å². The van der Waals surface area contributed by atoms with E-state index in [-0.39, 0.29) is 17.6 Å². The van der Waals surface area contributed by atoms with Crippen LogP contribution in [0, 0.1) is 12.7 Å². The van der Waals surface area contributed by atoms with Crippen LogP contribution < -0.4 is 10.1 Å². The lowest BCUT2D eigenvalue weighted by atomic mass is 10.1. The Balaban J connectivity index is 1.58. The summed E-state index contributed by atoms with van der Waals surface area (Å²) in [4.78, 5) is 28.1.